The Bertz CT molecular complexity index is 595. The number of H-pyrrole nitrogens is 2. The van der Waals surface area contributed by atoms with Crippen LogP contribution in [0.5, 0.6) is 0 Å². The Morgan fingerprint density at radius 2 is 1.90 bits per heavy atom. The van der Waals surface area contributed by atoms with Crippen LogP contribution in [0.4, 0.5) is 0 Å². The zero-order valence-corrected chi connectivity index (χ0v) is 11.4. The second-order valence-electron chi connectivity index (χ2n) is 5.49. The molecule has 110 valence electrons. The number of nitrogens with one attached hydrogen (secondary N) is 3. The number of aromatic nitrogens is 2. The average Bonchev–Trinajstić information content (AvgIpc) is 2.22. The zero-order valence-electron chi connectivity index (χ0n) is 11.4. The number of rotatable bonds is 4. The van der Waals surface area contributed by atoms with Gasteiger partial charge in [-0.1, -0.05) is 20.8 Å². The van der Waals surface area contributed by atoms with Crippen molar-refractivity contribution in [1.82, 2.24) is 15.3 Å². The van der Waals surface area contributed by atoms with Gasteiger partial charge in [0.2, 0.25) is 5.91 Å². The van der Waals surface area contributed by atoms with Crippen LogP contribution in [-0.2, 0) is 16.0 Å². The first-order valence-corrected chi connectivity index (χ1v) is 5.94. The number of carboxylic acids is 1. The van der Waals surface area contributed by atoms with Gasteiger partial charge in [0, 0.05) is 11.8 Å². The van der Waals surface area contributed by atoms with Gasteiger partial charge in [0.05, 0.1) is 6.42 Å². The fourth-order valence-electron chi connectivity index (χ4n) is 1.65. The lowest BCUT2D eigenvalue weighted by Crippen LogP contribution is -2.49. The molecule has 1 aromatic rings. The van der Waals surface area contributed by atoms with Crippen LogP contribution in [-0.4, -0.2) is 33.0 Å². The number of hydrogen-bond donors (Lipinski definition) is 4. The Labute approximate surface area is 114 Å². The minimum Gasteiger partial charge on any atom is -0.480 e. The smallest absolute Gasteiger partial charge is 0.326 e. The Morgan fingerprint density at radius 3 is 2.35 bits per heavy atom. The van der Waals surface area contributed by atoms with E-state index < -0.39 is 34.6 Å². The highest BCUT2D eigenvalue weighted by molar-refractivity contribution is 5.85. The van der Waals surface area contributed by atoms with Gasteiger partial charge in [0.1, 0.15) is 6.04 Å². The molecular weight excluding hydrogens is 266 g/mol. The summed E-state index contributed by atoms with van der Waals surface area (Å²) < 4.78 is 0. The summed E-state index contributed by atoms with van der Waals surface area (Å²) in [4.78, 5) is 49.3. The molecule has 0 saturated heterocycles. The van der Waals surface area contributed by atoms with E-state index in [1.807, 2.05) is 4.98 Å². The highest BCUT2D eigenvalue weighted by atomic mass is 16.4. The second-order valence-corrected chi connectivity index (χ2v) is 5.49. The minimum absolute atomic E-state index is 0.120. The molecule has 0 aromatic carbocycles. The molecule has 1 heterocycles. The van der Waals surface area contributed by atoms with Crippen molar-refractivity contribution in [2.24, 2.45) is 5.41 Å². The van der Waals surface area contributed by atoms with Crippen molar-refractivity contribution >= 4 is 11.9 Å². The summed E-state index contributed by atoms with van der Waals surface area (Å²) in [5.74, 6) is -1.74. The summed E-state index contributed by atoms with van der Waals surface area (Å²) >= 11 is 0. The summed E-state index contributed by atoms with van der Waals surface area (Å²) in [6.07, 6.45) is -0.279. The molecule has 4 N–H and O–H groups in total. The van der Waals surface area contributed by atoms with E-state index in [-0.39, 0.29) is 12.1 Å². The third-order valence-electron chi connectivity index (χ3n) is 2.59. The van der Waals surface area contributed by atoms with Crippen molar-refractivity contribution in [2.75, 3.05) is 0 Å². The highest BCUT2D eigenvalue weighted by Gasteiger charge is 2.32. The normalized spacial score (nSPS) is 12.8. The average molecular weight is 283 g/mol. The molecule has 0 fully saturated rings. The van der Waals surface area contributed by atoms with Gasteiger partial charge in [0.25, 0.3) is 5.56 Å². The first-order chi connectivity index (χ1) is 9.09. The van der Waals surface area contributed by atoms with Gasteiger partial charge in [-0.2, -0.15) is 0 Å². The fourth-order valence-corrected chi connectivity index (χ4v) is 1.65. The van der Waals surface area contributed by atoms with E-state index in [1.54, 1.807) is 20.8 Å². The summed E-state index contributed by atoms with van der Waals surface area (Å²) in [6.45, 7) is 5.05. The summed E-state index contributed by atoms with van der Waals surface area (Å²) in [7, 11) is 0. The molecule has 0 radical (unpaired) electrons. The van der Waals surface area contributed by atoms with Gasteiger partial charge in [-0.25, -0.2) is 9.59 Å². The monoisotopic (exact) mass is 283 g/mol. The van der Waals surface area contributed by atoms with Gasteiger partial charge in [0.15, 0.2) is 0 Å². The molecule has 8 nitrogen and oxygen atoms in total. The number of amides is 1. The van der Waals surface area contributed by atoms with Gasteiger partial charge < -0.3 is 15.4 Å². The topological polar surface area (TPSA) is 132 Å². The van der Waals surface area contributed by atoms with Crippen LogP contribution >= 0.6 is 0 Å². The maximum Gasteiger partial charge on any atom is 0.326 e. The Balaban J connectivity index is 2.84. The van der Waals surface area contributed by atoms with E-state index in [9.17, 15) is 19.2 Å². The third-order valence-corrected chi connectivity index (χ3v) is 2.59. The van der Waals surface area contributed by atoms with Crippen LogP contribution in [0.15, 0.2) is 15.7 Å². The van der Waals surface area contributed by atoms with Crippen LogP contribution in [0.3, 0.4) is 0 Å². The molecule has 1 amide bonds. The largest absolute Gasteiger partial charge is 0.480 e. The lowest BCUT2D eigenvalue weighted by Gasteiger charge is -2.27. The van der Waals surface area contributed by atoms with Crippen molar-refractivity contribution in [3.8, 4) is 0 Å². The molecule has 0 spiro atoms. The standard InChI is InChI=1S/C12H17N3O5/c1-12(2,3)9(10(18)19)14-7(16)4-6-5-8(17)15-11(20)13-6/h5,9H,4H2,1-3H3,(H,14,16)(H,18,19)(H2,13,15,17,20)/t9-/m0/s1. The third kappa shape index (κ3) is 4.38. The van der Waals surface area contributed by atoms with E-state index in [1.165, 1.54) is 0 Å². The van der Waals surface area contributed by atoms with Crippen molar-refractivity contribution in [1.29, 1.82) is 0 Å². The van der Waals surface area contributed by atoms with E-state index in [2.05, 4.69) is 10.3 Å². The van der Waals surface area contributed by atoms with E-state index >= 15 is 0 Å². The molecule has 0 aliphatic carbocycles. The molecule has 0 aliphatic heterocycles. The van der Waals surface area contributed by atoms with Gasteiger partial charge in [-0.15, -0.1) is 0 Å². The van der Waals surface area contributed by atoms with Crippen molar-refractivity contribution in [3.05, 3.63) is 32.6 Å². The first kappa shape index (κ1) is 15.7. The molecule has 0 bridgehead atoms. The zero-order chi connectivity index (χ0) is 15.5. The van der Waals surface area contributed by atoms with Crippen LogP contribution < -0.4 is 16.6 Å². The molecule has 0 unspecified atom stereocenters. The Hall–Kier alpha value is -2.38. The molecule has 1 aromatic heterocycles. The first-order valence-electron chi connectivity index (χ1n) is 5.94. The molecular formula is C12H17N3O5. The van der Waals surface area contributed by atoms with Crippen molar-refractivity contribution in [2.45, 2.75) is 33.2 Å². The van der Waals surface area contributed by atoms with E-state index in [4.69, 9.17) is 5.11 Å². The Morgan fingerprint density at radius 1 is 1.30 bits per heavy atom. The van der Waals surface area contributed by atoms with Crippen LogP contribution in [0, 0.1) is 5.41 Å². The van der Waals surface area contributed by atoms with Gasteiger partial charge in [-0.3, -0.25) is 14.6 Å². The summed E-state index contributed by atoms with van der Waals surface area (Å²) in [5, 5.41) is 11.5. The predicted molar refractivity (Wildman–Crippen MR) is 70.4 cm³/mol. The fraction of sp³-hybridized carbons (Fsp3) is 0.500. The highest BCUT2D eigenvalue weighted by Crippen LogP contribution is 2.19. The van der Waals surface area contributed by atoms with Crippen LogP contribution in [0.2, 0.25) is 0 Å². The molecule has 0 aliphatic rings. The molecule has 1 rings (SSSR count). The minimum atomic E-state index is -1.15. The lowest BCUT2D eigenvalue weighted by atomic mass is 9.86. The van der Waals surface area contributed by atoms with Crippen LogP contribution in [0.1, 0.15) is 26.5 Å². The maximum atomic E-state index is 11.8. The molecule has 1 atom stereocenters. The van der Waals surface area contributed by atoms with Crippen molar-refractivity contribution in [3.63, 3.8) is 0 Å². The summed E-state index contributed by atoms with van der Waals surface area (Å²) in [6, 6.07) is 0.0112. The van der Waals surface area contributed by atoms with E-state index in [0.717, 1.165) is 6.07 Å². The number of carboxylic acid groups (broad SMARTS) is 1. The van der Waals surface area contributed by atoms with Gasteiger partial charge >= 0.3 is 11.7 Å². The van der Waals surface area contributed by atoms with E-state index in [0.29, 0.717) is 0 Å². The predicted octanol–water partition coefficient (Wildman–Crippen LogP) is -0.779. The number of hydrogen-bond acceptors (Lipinski definition) is 4. The Kier molecular flexibility index (Phi) is 4.49. The molecule has 20 heavy (non-hydrogen) atoms. The van der Waals surface area contributed by atoms with Gasteiger partial charge in [-0.05, 0) is 5.41 Å². The SMILES string of the molecule is CC(C)(C)[C@@H](NC(=O)Cc1cc(=O)[nH]c(=O)[nH]1)C(=O)O. The van der Waals surface area contributed by atoms with Crippen molar-refractivity contribution < 1.29 is 14.7 Å². The molecule has 8 heteroatoms. The number of carbonyl (C=O) groups excluding carboxylic acids is 1. The van der Waals surface area contributed by atoms with Crippen LogP contribution in [0.25, 0.3) is 0 Å². The maximum absolute atomic E-state index is 11.8. The number of aromatic amines is 2. The lowest BCUT2D eigenvalue weighted by molar-refractivity contribution is -0.144. The number of carbonyl (C=O) groups is 2. The number of aliphatic carboxylic acids is 1. The quantitative estimate of drug-likeness (QED) is 0.575. The molecule has 0 saturated carbocycles. The second kappa shape index (κ2) is 5.72. The summed E-state index contributed by atoms with van der Waals surface area (Å²) in [5.41, 5.74) is -1.88.